The Morgan fingerprint density at radius 2 is 2.27 bits per heavy atom. The third-order valence-electron chi connectivity index (χ3n) is 1.90. The maximum Gasteiger partial charge on any atom is 0.328 e. The summed E-state index contributed by atoms with van der Waals surface area (Å²) in [5, 5.41) is 8.50. The lowest BCUT2D eigenvalue weighted by molar-refractivity contribution is -0.138. The Labute approximate surface area is 84.2 Å². The van der Waals surface area contributed by atoms with Crippen LogP contribution in [-0.4, -0.2) is 26.7 Å². The Kier molecular flexibility index (Phi) is 3.40. The summed E-state index contributed by atoms with van der Waals surface area (Å²) in [6, 6.07) is 0.178. The average Bonchev–Trinajstić information content (AvgIpc) is 2.15. The predicted octanol–water partition coefficient (Wildman–Crippen LogP) is -1.66. The number of carboxylic acids is 1. The van der Waals surface area contributed by atoms with Crippen molar-refractivity contribution in [2.75, 3.05) is 0 Å². The zero-order valence-corrected chi connectivity index (χ0v) is 7.84. The van der Waals surface area contributed by atoms with Gasteiger partial charge in [0.05, 0.1) is 0 Å². The lowest BCUT2D eigenvalue weighted by Crippen LogP contribution is -2.34. The zero-order valence-electron chi connectivity index (χ0n) is 7.84. The molecular weight excluding hydrogens is 202 g/mol. The number of nitrogens with zero attached hydrogens (tertiary/aromatic N) is 1. The van der Waals surface area contributed by atoms with Gasteiger partial charge in [-0.25, -0.2) is 4.79 Å². The second kappa shape index (κ2) is 4.56. The highest BCUT2D eigenvalue weighted by atomic mass is 16.4. The molecule has 0 bridgehead atoms. The van der Waals surface area contributed by atoms with Crippen LogP contribution in [0.3, 0.4) is 0 Å². The normalized spacial score (nSPS) is 12.3. The summed E-state index contributed by atoms with van der Waals surface area (Å²) in [7, 11) is 0. The van der Waals surface area contributed by atoms with E-state index in [4.69, 9.17) is 10.8 Å². The van der Waals surface area contributed by atoms with Gasteiger partial charge in [-0.1, -0.05) is 0 Å². The number of nitrogens with one attached hydrogen (secondary N) is 1. The fourth-order valence-corrected chi connectivity index (χ4v) is 1.02. The molecule has 7 heteroatoms. The first kappa shape index (κ1) is 11.2. The second-order valence-electron chi connectivity index (χ2n) is 3.04. The van der Waals surface area contributed by atoms with Crippen molar-refractivity contribution < 1.29 is 9.90 Å². The molecule has 15 heavy (non-hydrogen) atoms. The summed E-state index contributed by atoms with van der Waals surface area (Å²) in [6.45, 7) is 0.156. The first-order chi connectivity index (χ1) is 7.00. The van der Waals surface area contributed by atoms with Crippen LogP contribution < -0.4 is 17.0 Å². The van der Waals surface area contributed by atoms with E-state index in [1.807, 2.05) is 0 Å². The fourth-order valence-electron chi connectivity index (χ4n) is 1.02. The minimum Gasteiger partial charge on any atom is -0.480 e. The Morgan fingerprint density at radius 1 is 1.60 bits per heavy atom. The van der Waals surface area contributed by atoms with Gasteiger partial charge in [0.25, 0.3) is 5.56 Å². The number of nitrogens with two attached hydrogens (primary N) is 1. The number of hydrogen-bond acceptors (Lipinski definition) is 4. The molecule has 1 heterocycles. The molecule has 7 nitrogen and oxygen atoms in total. The van der Waals surface area contributed by atoms with Crippen LogP contribution in [0, 0.1) is 0 Å². The SMILES string of the molecule is NC(CCn1ccc(=O)[nH]c1=O)C(=O)O. The highest BCUT2D eigenvalue weighted by Gasteiger charge is 2.11. The lowest BCUT2D eigenvalue weighted by atomic mass is 10.2. The molecule has 0 fully saturated rings. The zero-order chi connectivity index (χ0) is 11.4. The van der Waals surface area contributed by atoms with E-state index in [1.165, 1.54) is 16.8 Å². The number of aromatic amines is 1. The Morgan fingerprint density at radius 3 is 2.80 bits per heavy atom. The van der Waals surface area contributed by atoms with E-state index in [0.29, 0.717) is 0 Å². The molecule has 0 spiro atoms. The van der Waals surface area contributed by atoms with Crippen molar-refractivity contribution >= 4 is 5.97 Å². The molecule has 1 aromatic heterocycles. The Balaban J connectivity index is 2.70. The van der Waals surface area contributed by atoms with Crippen LogP contribution in [0.25, 0.3) is 0 Å². The minimum absolute atomic E-state index is 0.126. The van der Waals surface area contributed by atoms with Gasteiger partial charge in [0.1, 0.15) is 6.04 Å². The number of hydrogen-bond donors (Lipinski definition) is 3. The molecule has 0 aliphatic carbocycles. The quantitative estimate of drug-likeness (QED) is 0.553. The van der Waals surface area contributed by atoms with E-state index in [1.54, 1.807) is 0 Å². The molecule has 0 saturated carbocycles. The van der Waals surface area contributed by atoms with Gasteiger partial charge in [-0.15, -0.1) is 0 Å². The third kappa shape index (κ3) is 3.06. The van der Waals surface area contributed by atoms with Crippen molar-refractivity contribution in [3.63, 3.8) is 0 Å². The molecule has 0 aromatic carbocycles. The van der Waals surface area contributed by atoms with E-state index >= 15 is 0 Å². The highest BCUT2D eigenvalue weighted by molar-refractivity contribution is 5.72. The van der Waals surface area contributed by atoms with Crippen LogP contribution in [0.5, 0.6) is 0 Å². The van der Waals surface area contributed by atoms with Crippen molar-refractivity contribution in [1.29, 1.82) is 0 Å². The van der Waals surface area contributed by atoms with Gasteiger partial charge < -0.3 is 15.4 Å². The predicted molar refractivity (Wildman–Crippen MR) is 51.6 cm³/mol. The van der Waals surface area contributed by atoms with Crippen LogP contribution in [0.15, 0.2) is 21.9 Å². The summed E-state index contributed by atoms with van der Waals surface area (Å²) < 4.78 is 1.20. The van der Waals surface area contributed by atoms with Gasteiger partial charge in [0.2, 0.25) is 0 Å². The second-order valence-corrected chi connectivity index (χ2v) is 3.04. The first-order valence-corrected chi connectivity index (χ1v) is 4.29. The number of aryl methyl sites for hydroxylation is 1. The number of aliphatic carboxylic acids is 1. The molecule has 1 aromatic rings. The highest BCUT2D eigenvalue weighted by Crippen LogP contribution is 1.90. The molecule has 0 radical (unpaired) electrons. The summed E-state index contributed by atoms with van der Waals surface area (Å²) in [4.78, 5) is 34.3. The topological polar surface area (TPSA) is 118 Å². The van der Waals surface area contributed by atoms with Crippen LogP contribution in [0.1, 0.15) is 6.42 Å². The smallest absolute Gasteiger partial charge is 0.328 e. The largest absolute Gasteiger partial charge is 0.480 e. The number of carbonyl (C=O) groups is 1. The third-order valence-corrected chi connectivity index (χ3v) is 1.90. The molecule has 0 saturated heterocycles. The van der Waals surface area contributed by atoms with Gasteiger partial charge in [0, 0.05) is 18.8 Å². The molecule has 0 amide bonds. The van der Waals surface area contributed by atoms with E-state index in [9.17, 15) is 14.4 Å². The minimum atomic E-state index is -1.12. The van der Waals surface area contributed by atoms with E-state index in [2.05, 4.69) is 4.98 Å². The van der Waals surface area contributed by atoms with Crippen molar-refractivity contribution in [1.82, 2.24) is 9.55 Å². The lowest BCUT2D eigenvalue weighted by Gasteiger charge is -2.07. The maximum atomic E-state index is 11.1. The van der Waals surface area contributed by atoms with Gasteiger partial charge >= 0.3 is 11.7 Å². The van der Waals surface area contributed by atoms with Crippen LogP contribution in [-0.2, 0) is 11.3 Å². The molecular formula is C8H11N3O4. The molecule has 0 aliphatic rings. The van der Waals surface area contributed by atoms with Crippen molar-refractivity contribution in [2.24, 2.45) is 5.73 Å². The number of carboxylic acid groups (broad SMARTS) is 1. The molecule has 0 aliphatic heterocycles. The van der Waals surface area contributed by atoms with Gasteiger partial charge in [0.15, 0.2) is 0 Å². The standard InChI is InChI=1S/C8H11N3O4/c9-5(7(13)14)1-3-11-4-2-6(12)10-8(11)15/h2,4-5H,1,3,9H2,(H,13,14)(H,10,12,15). The molecule has 1 unspecified atom stereocenters. The monoisotopic (exact) mass is 213 g/mol. The van der Waals surface area contributed by atoms with Crippen LogP contribution in [0.4, 0.5) is 0 Å². The molecule has 4 N–H and O–H groups in total. The summed E-state index contributed by atoms with van der Waals surface area (Å²) in [6.07, 6.45) is 1.43. The number of H-pyrrole nitrogens is 1. The number of rotatable bonds is 4. The maximum absolute atomic E-state index is 11.1. The molecule has 1 rings (SSSR count). The van der Waals surface area contributed by atoms with Gasteiger partial charge in [-0.05, 0) is 6.42 Å². The average molecular weight is 213 g/mol. The van der Waals surface area contributed by atoms with E-state index in [-0.39, 0.29) is 13.0 Å². The summed E-state index contributed by atoms with van der Waals surface area (Å²) >= 11 is 0. The Hall–Kier alpha value is -1.89. The molecule has 1 atom stereocenters. The van der Waals surface area contributed by atoms with E-state index < -0.39 is 23.3 Å². The summed E-state index contributed by atoms with van der Waals surface area (Å²) in [5.41, 5.74) is 4.20. The fraction of sp³-hybridized carbons (Fsp3) is 0.375. The van der Waals surface area contributed by atoms with Crippen molar-refractivity contribution in [3.05, 3.63) is 33.1 Å². The van der Waals surface area contributed by atoms with Gasteiger partial charge in [-0.3, -0.25) is 14.6 Å². The van der Waals surface area contributed by atoms with Crippen molar-refractivity contribution in [2.45, 2.75) is 19.0 Å². The van der Waals surface area contributed by atoms with Crippen LogP contribution in [0.2, 0.25) is 0 Å². The first-order valence-electron chi connectivity index (χ1n) is 4.29. The van der Waals surface area contributed by atoms with Gasteiger partial charge in [-0.2, -0.15) is 0 Å². The van der Waals surface area contributed by atoms with Crippen LogP contribution >= 0.6 is 0 Å². The number of aromatic nitrogens is 2. The summed E-state index contributed by atoms with van der Waals surface area (Å²) in [5.74, 6) is -1.12. The Bertz CT molecular complexity index is 461. The van der Waals surface area contributed by atoms with E-state index in [0.717, 1.165) is 0 Å². The van der Waals surface area contributed by atoms with Crippen molar-refractivity contribution in [3.8, 4) is 0 Å². The molecule has 82 valence electrons.